The molecule has 8 nitrogen and oxygen atoms in total. The summed E-state index contributed by atoms with van der Waals surface area (Å²) in [4.78, 5) is 42.4. The van der Waals surface area contributed by atoms with Crippen LogP contribution in [-0.2, 0) is 11.8 Å². The van der Waals surface area contributed by atoms with E-state index in [1.807, 2.05) is 13.1 Å². The summed E-state index contributed by atoms with van der Waals surface area (Å²) < 4.78 is 6.38. The predicted octanol–water partition coefficient (Wildman–Crippen LogP) is 2.11. The van der Waals surface area contributed by atoms with Gasteiger partial charge in [0.15, 0.2) is 16.9 Å². The molecule has 3 heterocycles. The van der Waals surface area contributed by atoms with E-state index in [0.717, 1.165) is 23.1 Å². The summed E-state index contributed by atoms with van der Waals surface area (Å²) in [6.45, 7) is 4.98. The maximum Gasteiger partial charge on any atom is 0.333 e. The van der Waals surface area contributed by atoms with Gasteiger partial charge in [-0.15, -0.1) is 0 Å². The van der Waals surface area contributed by atoms with E-state index in [9.17, 15) is 14.4 Å². The van der Waals surface area contributed by atoms with Crippen LogP contribution in [-0.4, -0.2) is 28.9 Å². The molecule has 0 aliphatic heterocycles. The van der Waals surface area contributed by atoms with Crippen LogP contribution in [0.4, 0.5) is 0 Å². The van der Waals surface area contributed by atoms with E-state index in [4.69, 9.17) is 0 Å². The number of hydrogen-bond acceptors (Lipinski definition) is 4. The van der Waals surface area contributed by atoms with Crippen molar-refractivity contribution in [2.24, 2.45) is 7.05 Å². The number of ketones is 1. The van der Waals surface area contributed by atoms with E-state index < -0.39 is 17.3 Å². The Kier molecular flexibility index (Phi) is 4.09. The minimum atomic E-state index is -0.812. The molecule has 0 radical (unpaired) electrons. The fourth-order valence-corrected chi connectivity index (χ4v) is 4.31. The fraction of sp³-hybridized carbons (Fsp3) is 0.579. The van der Waals surface area contributed by atoms with Gasteiger partial charge >= 0.3 is 5.69 Å². The third-order valence-electron chi connectivity index (χ3n) is 5.93. The van der Waals surface area contributed by atoms with Gasteiger partial charge in [-0.3, -0.25) is 18.6 Å². The van der Waals surface area contributed by atoms with E-state index in [2.05, 4.69) is 9.55 Å². The molecule has 0 amide bonds. The first-order valence-corrected chi connectivity index (χ1v) is 9.54. The van der Waals surface area contributed by atoms with Crippen molar-refractivity contribution in [3.05, 3.63) is 32.7 Å². The zero-order valence-electron chi connectivity index (χ0n) is 16.2. The first-order chi connectivity index (χ1) is 12.8. The van der Waals surface area contributed by atoms with Crippen molar-refractivity contribution in [1.29, 1.82) is 0 Å². The van der Waals surface area contributed by atoms with Crippen molar-refractivity contribution in [1.82, 2.24) is 23.1 Å². The molecular weight excluding hydrogens is 346 g/mol. The number of aryl methyl sites for hydroxylation is 2. The normalized spacial score (nSPS) is 17.0. The highest BCUT2D eigenvalue weighted by Gasteiger charge is 2.26. The van der Waals surface area contributed by atoms with Crippen LogP contribution in [0.1, 0.15) is 63.7 Å². The van der Waals surface area contributed by atoms with E-state index in [-0.39, 0.29) is 5.78 Å². The molecule has 8 heteroatoms. The second-order valence-corrected chi connectivity index (χ2v) is 7.69. The van der Waals surface area contributed by atoms with Gasteiger partial charge in [0.25, 0.3) is 5.56 Å². The Morgan fingerprint density at radius 2 is 1.89 bits per heavy atom. The van der Waals surface area contributed by atoms with Crippen LogP contribution in [0, 0.1) is 6.92 Å². The highest BCUT2D eigenvalue weighted by atomic mass is 16.2. The van der Waals surface area contributed by atoms with Crippen LogP contribution in [0.2, 0.25) is 0 Å². The van der Waals surface area contributed by atoms with Gasteiger partial charge in [-0.1, -0.05) is 19.3 Å². The summed E-state index contributed by atoms with van der Waals surface area (Å²) in [6.07, 6.45) is 7.74. The van der Waals surface area contributed by atoms with Gasteiger partial charge in [0.05, 0.1) is 6.04 Å². The SMILES string of the molecule is CC(=O)[C@@H](C)n1c(=O)c2c(nc3n(C4CCCCC4)c(C)cn23)n(C)c1=O. The standard InChI is InChI=1S/C19H25N5O3/c1-11-10-22-15-16(20-18(22)23(11)14-8-6-5-7-9-14)21(4)19(27)24(17(15)26)12(2)13(3)25/h10,12,14H,5-9H2,1-4H3/t12-/m1/s1. The second-order valence-electron chi connectivity index (χ2n) is 7.69. The van der Waals surface area contributed by atoms with E-state index in [1.165, 1.54) is 30.8 Å². The molecule has 3 aromatic rings. The van der Waals surface area contributed by atoms with Gasteiger partial charge in [0, 0.05) is 25.0 Å². The van der Waals surface area contributed by atoms with Crippen molar-refractivity contribution >= 4 is 22.7 Å². The number of Topliss-reactive ketones (excluding diaryl/α,β-unsaturated/α-hetero) is 1. The van der Waals surface area contributed by atoms with Crippen LogP contribution in [0.3, 0.4) is 0 Å². The van der Waals surface area contributed by atoms with Crippen LogP contribution >= 0.6 is 0 Å². The molecule has 0 unspecified atom stereocenters. The highest BCUT2D eigenvalue weighted by Crippen LogP contribution is 2.31. The first-order valence-electron chi connectivity index (χ1n) is 9.54. The number of aromatic nitrogens is 5. The van der Waals surface area contributed by atoms with Crippen LogP contribution in [0.25, 0.3) is 16.9 Å². The molecule has 0 aromatic carbocycles. The lowest BCUT2D eigenvalue weighted by atomic mass is 9.95. The summed E-state index contributed by atoms with van der Waals surface area (Å²) in [5.74, 6) is 0.458. The molecule has 4 rings (SSSR count). The van der Waals surface area contributed by atoms with Gasteiger partial charge in [0.1, 0.15) is 0 Å². The molecule has 1 fully saturated rings. The minimum Gasteiger partial charge on any atom is -0.311 e. The predicted molar refractivity (Wildman–Crippen MR) is 102 cm³/mol. The monoisotopic (exact) mass is 371 g/mol. The Bertz CT molecular complexity index is 1170. The summed E-state index contributed by atoms with van der Waals surface area (Å²) >= 11 is 0. The fourth-order valence-electron chi connectivity index (χ4n) is 4.31. The summed E-state index contributed by atoms with van der Waals surface area (Å²) in [7, 11) is 1.59. The molecule has 0 saturated heterocycles. The summed E-state index contributed by atoms with van der Waals surface area (Å²) in [6, 6.07) is -0.448. The van der Waals surface area contributed by atoms with Gasteiger partial charge in [-0.05, 0) is 33.6 Å². The van der Waals surface area contributed by atoms with Crippen molar-refractivity contribution in [3.8, 4) is 0 Å². The zero-order valence-corrected chi connectivity index (χ0v) is 16.2. The lowest BCUT2D eigenvalue weighted by Crippen LogP contribution is -2.42. The van der Waals surface area contributed by atoms with E-state index in [0.29, 0.717) is 23.0 Å². The maximum absolute atomic E-state index is 13.1. The molecule has 1 atom stereocenters. The molecule has 1 saturated carbocycles. The third kappa shape index (κ3) is 2.49. The third-order valence-corrected chi connectivity index (χ3v) is 5.93. The lowest BCUT2D eigenvalue weighted by molar-refractivity contribution is -0.119. The number of imidazole rings is 2. The summed E-state index contributed by atoms with van der Waals surface area (Å²) in [5, 5.41) is 0. The lowest BCUT2D eigenvalue weighted by Gasteiger charge is -2.24. The van der Waals surface area contributed by atoms with Gasteiger partial charge < -0.3 is 4.57 Å². The Labute approximate surface area is 156 Å². The number of hydrogen-bond donors (Lipinski definition) is 0. The van der Waals surface area contributed by atoms with E-state index >= 15 is 0 Å². The molecule has 3 aromatic heterocycles. The quantitative estimate of drug-likeness (QED) is 0.706. The number of carbonyl (C=O) groups is 1. The Hall–Kier alpha value is -2.64. The molecule has 1 aliphatic rings. The van der Waals surface area contributed by atoms with Gasteiger partial charge in [-0.2, -0.15) is 4.98 Å². The number of rotatable bonds is 3. The number of carbonyl (C=O) groups excluding carboxylic acids is 1. The topological polar surface area (TPSA) is 83.3 Å². The number of fused-ring (bicyclic) bond motifs is 3. The molecule has 1 aliphatic carbocycles. The molecule has 0 N–H and O–H groups in total. The Morgan fingerprint density at radius 1 is 1.22 bits per heavy atom. The van der Waals surface area contributed by atoms with E-state index in [1.54, 1.807) is 18.4 Å². The van der Waals surface area contributed by atoms with Crippen molar-refractivity contribution < 1.29 is 4.79 Å². The molecule has 27 heavy (non-hydrogen) atoms. The Morgan fingerprint density at radius 3 is 2.52 bits per heavy atom. The molecule has 144 valence electrons. The van der Waals surface area contributed by atoms with Crippen LogP contribution in [0.5, 0.6) is 0 Å². The Balaban J connectivity index is 2.06. The first kappa shape index (κ1) is 17.8. The van der Waals surface area contributed by atoms with Crippen molar-refractivity contribution in [3.63, 3.8) is 0 Å². The smallest absolute Gasteiger partial charge is 0.311 e. The zero-order chi connectivity index (χ0) is 19.5. The average molecular weight is 371 g/mol. The van der Waals surface area contributed by atoms with Crippen molar-refractivity contribution in [2.75, 3.05) is 0 Å². The highest BCUT2D eigenvalue weighted by molar-refractivity contribution is 5.80. The van der Waals surface area contributed by atoms with Gasteiger partial charge in [-0.25, -0.2) is 9.36 Å². The molecule has 0 spiro atoms. The van der Waals surface area contributed by atoms with Gasteiger partial charge in [0.2, 0.25) is 5.78 Å². The van der Waals surface area contributed by atoms with Crippen LogP contribution < -0.4 is 11.2 Å². The second kappa shape index (κ2) is 6.21. The molecule has 0 bridgehead atoms. The molecular formula is C19H25N5O3. The maximum atomic E-state index is 13.1. The minimum absolute atomic E-state index is 0.231. The van der Waals surface area contributed by atoms with Crippen LogP contribution in [0.15, 0.2) is 15.8 Å². The summed E-state index contributed by atoms with van der Waals surface area (Å²) in [5.41, 5.74) is 0.765. The van der Waals surface area contributed by atoms with Crippen molar-refractivity contribution in [2.45, 2.75) is 65.0 Å². The largest absolute Gasteiger partial charge is 0.333 e. The average Bonchev–Trinajstić information content (AvgIpc) is 3.15. The number of nitrogens with zero attached hydrogens (tertiary/aromatic N) is 5.